The second-order valence-corrected chi connectivity index (χ2v) is 6.77. The van der Waals surface area contributed by atoms with Crippen molar-refractivity contribution in [2.24, 2.45) is 5.92 Å². The molecule has 7 heteroatoms. The maximum absolute atomic E-state index is 12.9. The van der Waals surface area contributed by atoms with E-state index in [0.29, 0.717) is 0 Å². The van der Waals surface area contributed by atoms with Crippen LogP contribution in [-0.2, 0) is 10.0 Å². The Morgan fingerprint density at radius 3 is 2.50 bits per heavy atom. The minimum absolute atomic E-state index is 0.0519. The predicted octanol–water partition coefficient (Wildman–Crippen LogP) is 1.88. The van der Waals surface area contributed by atoms with Crippen molar-refractivity contribution < 1.29 is 17.9 Å². The Hall–Kier alpha value is -0.500. The van der Waals surface area contributed by atoms with Gasteiger partial charge in [-0.25, -0.2) is 17.5 Å². The van der Waals surface area contributed by atoms with Crippen LogP contribution in [0.2, 0.25) is 0 Å². The van der Waals surface area contributed by atoms with E-state index >= 15 is 0 Å². The average Bonchev–Trinajstić information content (AvgIpc) is 2.24. The first-order valence-electron chi connectivity index (χ1n) is 5.36. The Balaban J connectivity index is 3.06. The summed E-state index contributed by atoms with van der Waals surface area (Å²) in [4.78, 5) is -0.0528. The van der Waals surface area contributed by atoms with E-state index in [2.05, 4.69) is 20.7 Å². The van der Waals surface area contributed by atoms with E-state index in [1.54, 1.807) is 13.8 Å². The van der Waals surface area contributed by atoms with Gasteiger partial charge >= 0.3 is 0 Å². The number of rotatable bonds is 5. The predicted molar refractivity (Wildman–Crippen MR) is 70.1 cm³/mol. The largest absolute Gasteiger partial charge is 0.395 e. The number of aliphatic hydroxyl groups excluding tert-OH is 1. The van der Waals surface area contributed by atoms with Gasteiger partial charge in [0.2, 0.25) is 10.0 Å². The zero-order valence-electron chi connectivity index (χ0n) is 10.0. The maximum atomic E-state index is 12.9. The molecule has 1 aromatic rings. The molecule has 1 aromatic carbocycles. The number of aliphatic hydroxyl groups is 1. The van der Waals surface area contributed by atoms with Gasteiger partial charge < -0.3 is 5.11 Å². The summed E-state index contributed by atoms with van der Waals surface area (Å²) in [7, 11) is -3.79. The van der Waals surface area contributed by atoms with Crippen molar-refractivity contribution in [3.8, 4) is 0 Å². The molecule has 18 heavy (non-hydrogen) atoms. The van der Waals surface area contributed by atoms with Gasteiger partial charge in [-0.2, -0.15) is 0 Å². The van der Waals surface area contributed by atoms with Crippen molar-refractivity contribution in [1.29, 1.82) is 0 Å². The highest BCUT2D eigenvalue weighted by Gasteiger charge is 2.23. The van der Waals surface area contributed by atoms with Crippen molar-refractivity contribution >= 4 is 26.0 Å². The van der Waals surface area contributed by atoms with E-state index in [1.807, 2.05) is 0 Å². The fraction of sp³-hybridized carbons (Fsp3) is 0.455. The molecule has 1 rings (SSSR count). The molecule has 0 aliphatic rings. The van der Waals surface area contributed by atoms with Crippen LogP contribution < -0.4 is 4.72 Å². The lowest BCUT2D eigenvalue weighted by Crippen LogP contribution is -2.41. The molecule has 0 saturated heterocycles. The maximum Gasteiger partial charge on any atom is 0.242 e. The molecule has 1 atom stereocenters. The first-order chi connectivity index (χ1) is 8.27. The standard InChI is InChI=1S/C11H15BrFNO3S/c1-7(2)10(6-15)14-18(16,17)11-4-3-8(13)5-9(11)12/h3-5,7,10,14-15H,6H2,1-2H3/t10-/m1/s1. The molecule has 0 saturated carbocycles. The van der Waals surface area contributed by atoms with E-state index in [4.69, 9.17) is 5.11 Å². The summed E-state index contributed by atoms with van der Waals surface area (Å²) in [5, 5.41) is 9.12. The highest BCUT2D eigenvalue weighted by atomic mass is 79.9. The summed E-state index contributed by atoms with van der Waals surface area (Å²) in [5.41, 5.74) is 0. The van der Waals surface area contributed by atoms with Crippen molar-refractivity contribution in [3.05, 3.63) is 28.5 Å². The number of hydrogen-bond donors (Lipinski definition) is 2. The second-order valence-electron chi connectivity index (χ2n) is 4.23. The van der Waals surface area contributed by atoms with E-state index in [-0.39, 0.29) is 21.9 Å². The third kappa shape index (κ3) is 3.74. The molecule has 0 heterocycles. The number of benzene rings is 1. The molecule has 0 aliphatic heterocycles. The minimum atomic E-state index is -3.79. The minimum Gasteiger partial charge on any atom is -0.395 e. The highest BCUT2D eigenvalue weighted by Crippen LogP contribution is 2.23. The average molecular weight is 340 g/mol. The monoisotopic (exact) mass is 339 g/mol. The molecule has 0 bridgehead atoms. The zero-order chi connectivity index (χ0) is 13.9. The Labute approximate surface area is 114 Å². The van der Waals surface area contributed by atoms with Gasteiger partial charge in [-0.05, 0) is 40.0 Å². The lowest BCUT2D eigenvalue weighted by molar-refractivity contribution is 0.227. The highest BCUT2D eigenvalue weighted by molar-refractivity contribution is 9.10. The summed E-state index contributed by atoms with van der Waals surface area (Å²) in [6, 6.07) is 2.75. The first-order valence-corrected chi connectivity index (χ1v) is 7.63. The summed E-state index contributed by atoms with van der Waals surface area (Å²) in [5.74, 6) is -0.576. The molecular formula is C11H15BrFNO3S. The Bertz CT molecular complexity index is 519. The lowest BCUT2D eigenvalue weighted by atomic mass is 10.1. The molecule has 0 amide bonds. The number of nitrogens with one attached hydrogen (secondary N) is 1. The molecule has 0 unspecified atom stereocenters. The normalized spacial score (nSPS) is 13.9. The SMILES string of the molecule is CC(C)[C@@H](CO)NS(=O)(=O)c1ccc(F)cc1Br. The van der Waals surface area contributed by atoms with Gasteiger partial charge in [0.15, 0.2) is 0 Å². The third-order valence-corrected chi connectivity index (χ3v) is 4.96. The molecular weight excluding hydrogens is 325 g/mol. The van der Waals surface area contributed by atoms with Crippen molar-refractivity contribution in [2.75, 3.05) is 6.61 Å². The topological polar surface area (TPSA) is 66.4 Å². The van der Waals surface area contributed by atoms with Gasteiger partial charge in [0.05, 0.1) is 11.5 Å². The third-order valence-electron chi connectivity index (χ3n) is 2.49. The van der Waals surface area contributed by atoms with Crippen LogP contribution in [0, 0.1) is 11.7 Å². The van der Waals surface area contributed by atoms with Crippen LogP contribution in [0.15, 0.2) is 27.6 Å². The number of sulfonamides is 1. The fourth-order valence-electron chi connectivity index (χ4n) is 1.34. The van der Waals surface area contributed by atoms with Gasteiger partial charge in [0.1, 0.15) is 5.82 Å². The summed E-state index contributed by atoms with van der Waals surface area (Å²) in [6.45, 7) is 3.29. The molecule has 2 N–H and O–H groups in total. The van der Waals surface area contributed by atoms with Crippen LogP contribution in [-0.4, -0.2) is 26.2 Å². The Morgan fingerprint density at radius 1 is 1.44 bits per heavy atom. The van der Waals surface area contributed by atoms with Crippen molar-refractivity contribution in [3.63, 3.8) is 0 Å². The molecule has 0 spiro atoms. The van der Waals surface area contributed by atoms with Crippen LogP contribution in [0.4, 0.5) is 4.39 Å². The van der Waals surface area contributed by atoms with Crippen LogP contribution in [0.3, 0.4) is 0 Å². The number of halogens is 2. The molecule has 0 aromatic heterocycles. The second kappa shape index (κ2) is 6.10. The van der Waals surface area contributed by atoms with E-state index in [1.165, 1.54) is 6.07 Å². The van der Waals surface area contributed by atoms with Gasteiger partial charge in [0.25, 0.3) is 0 Å². The van der Waals surface area contributed by atoms with Gasteiger partial charge in [-0.15, -0.1) is 0 Å². The lowest BCUT2D eigenvalue weighted by Gasteiger charge is -2.20. The van der Waals surface area contributed by atoms with E-state index in [0.717, 1.165) is 12.1 Å². The molecule has 0 radical (unpaired) electrons. The Kier molecular flexibility index (Phi) is 5.27. The van der Waals surface area contributed by atoms with Gasteiger partial charge in [-0.1, -0.05) is 13.8 Å². The van der Waals surface area contributed by atoms with Crippen LogP contribution >= 0.6 is 15.9 Å². The fourth-order valence-corrected chi connectivity index (χ4v) is 3.77. The zero-order valence-corrected chi connectivity index (χ0v) is 12.4. The molecule has 4 nitrogen and oxygen atoms in total. The molecule has 0 fully saturated rings. The molecule has 0 aliphatic carbocycles. The Morgan fingerprint density at radius 2 is 2.06 bits per heavy atom. The summed E-state index contributed by atoms with van der Waals surface area (Å²) < 4.78 is 39.6. The molecule has 102 valence electrons. The number of hydrogen-bond acceptors (Lipinski definition) is 3. The van der Waals surface area contributed by atoms with Crippen molar-refractivity contribution in [2.45, 2.75) is 24.8 Å². The smallest absolute Gasteiger partial charge is 0.242 e. The van der Waals surface area contributed by atoms with E-state index in [9.17, 15) is 12.8 Å². The van der Waals surface area contributed by atoms with E-state index < -0.39 is 21.9 Å². The van der Waals surface area contributed by atoms with Crippen LogP contribution in [0.25, 0.3) is 0 Å². The summed E-state index contributed by atoms with van der Waals surface area (Å²) >= 11 is 3.01. The van der Waals surface area contributed by atoms with Crippen LogP contribution in [0.5, 0.6) is 0 Å². The van der Waals surface area contributed by atoms with Gasteiger partial charge in [0, 0.05) is 10.5 Å². The van der Waals surface area contributed by atoms with Gasteiger partial charge in [-0.3, -0.25) is 0 Å². The van der Waals surface area contributed by atoms with Crippen LogP contribution in [0.1, 0.15) is 13.8 Å². The quantitative estimate of drug-likeness (QED) is 0.860. The first kappa shape index (κ1) is 15.6. The summed E-state index contributed by atoms with van der Waals surface area (Å²) in [6.07, 6.45) is 0. The van der Waals surface area contributed by atoms with Crippen molar-refractivity contribution in [1.82, 2.24) is 4.72 Å².